The molecule has 0 saturated carbocycles. The maximum absolute atomic E-state index is 6.15. The molecular formula is C16H30O4. The van der Waals surface area contributed by atoms with Crippen molar-refractivity contribution in [3.63, 3.8) is 0 Å². The van der Waals surface area contributed by atoms with E-state index in [1.165, 1.54) is 0 Å². The van der Waals surface area contributed by atoms with Gasteiger partial charge in [-0.3, -0.25) is 0 Å². The van der Waals surface area contributed by atoms with Gasteiger partial charge in [-0.2, -0.15) is 0 Å². The Balaban J connectivity index is 3.19. The van der Waals surface area contributed by atoms with Crippen molar-refractivity contribution in [3.8, 4) is 0 Å². The summed E-state index contributed by atoms with van der Waals surface area (Å²) in [5, 5.41) is 0. The normalized spacial score (nSPS) is 26.4. The number of rotatable bonds is 7. The first-order chi connectivity index (χ1) is 9.27. The van der Waals surface area contributed by atoms with Crippen LogP contribution in [0.5, 0.6) is 0 Å². The molecule has 0 aromatic rings. The fraction of sp³-hybridized carbons (Fsp3) is 0.875. The van der Waals surface area contributed by atoms with E-state index >= 15 is 0 Å². The first-order valence-electron chi connectivity index (χ1n) is 7.58. The van der Waals surface area contributed by atoms with Crippen LogP contribution >= 0.6 is 0 Å². The molecule has 0 bridgehead atoms. The van der Waals surface area contributed by atoms with Crippen LogP contribution in [0.15, 0.2) is 12.7 Å². The van der Waals surface area contributed by atoms with E-state index in [2.05, 4.69) is 6.58 Å². The van der Waals surface area contributed by atoms with E-state index in [1.54, 1.807) is 6.08 Å². The van der Waals surface area contributed by atoms with E-state index in [1.807, 2.05) is 41.5 Å². The van der Waals surface area contributed by atoms with Crippen molar-refractivity contribution in [1.82, 2.24) is 0 Å². The molecule has 1 fully saturated rings. The highest BCUT2D eigenvalue weighted by Crippen LogP contribution is 2.43. The van der Waals surface area contributed by atoms with Crippen molar-refractivity contribution in [2.75, 3.05) is 6.61 Å². The van der Waals surface area contributed by atoms with Gasteiger partial charge in [0.1, 0.15) is 0 Å². The first kappa shape index (κ1) is 17.6. The topological polar surface area (TPSA) is 36.9 Å². The summed E-state index contributed by atoms with van der Waals surface area (Å²) in [6.45, 7) is 16.4. The minimum absolute atomic E-state index is 0.0283. The van der Waals surface area contributed by atoms with Crippen LogP contribution in [-0.4, -0.2) is 36.5 Å². The Hall–Kier alpha value is -0.420. The number of hydrogen-bond acceptors (Lipinski definition) is 4. The van der Waals surface area contributed by atoms with Crippen LogP contribution in [0.3, 0.4) is 0 Å². The molecule has 0 aromatic carbocycles. The second-order valence-corrected chi connectivity index (χ2v) is 6.10. The van der Waals surface area contributed by atoms with Gasteiger partial charge in [-0.15, -0.1) is 0 Å². The van der Waals surface area contributed by atoms with Gasteiger partial charge < -0.3 is 18.9 Å². The molecule has 1 aliphatic rings. The first-order valence-corrected chi connectivity index (χ1v) is 7.58. The van der Waals surface area contributed by atoms with Crippen LogP contribution in [0.1, 0.15) is 54.4 Å². The summed E-state index contributed by atoms with van der Waals surface area (Å²) in [7, 11) is 0. The number of hydrogen-bond donors (Lipinski definition) is 0. The molecule has 1 unspecified atom stereocenters. The minimum Gasteiger partial charge on any atom is -0.360 e. The summed E-state index contributed by atoms with van der Waals surface area (Å²) < 4.78 is 24.2. The van der Waals surface area contributed by atoms with Crippen LogP contribution in [0.2, 0.25) is 0 Å². The molecule has 0 spiro atoms. The van der Waals surface area contributed by atoms with Crippen LogP contribution in [0.25, 0.3) is 0 Å². The summed E-state index contributed by atoms with van der Waals surface area (Å²) in [6.07, 6.45) is 3.39. The SMILES string of the molecule is C=CC1(OC(C)C)CCCOC1(OC(C)C)OC(C)C. The predicted octanol–water partition coefficient (Wildman–Crippen LogP) is 3.65. The molecule has 118 valence electrons. The zero-order valence-electron chi connectivity index (χ0n) is 13.8. The monoisotopic (exact) mass is 286 g/mol. The molecule has 1 rings (SSSR count). The van der Waals surface area contributed by atoms with E-state index < -0.39 is 11.6 Å². The molecule has 1 heterocycles. The quantitative estimate of drug-likeness (QED) is 0.529. The molecule has 1 atom stereocenters. The third kappa shape index (κ3) is 3.82. The van der Waals surface area contributed by atoms with Crippen molar-refractivity contribution < 1.29 is 18.9 Å². The minimum atomic E-state index is -1.22. The van der Waals surface area contributed by atoms with Gasteiger partial charge in [-0.1, -0.05) is 12.7 Å². The molecule has 0 aromatic heterocycles. The average molecular weight is 286 g/mol. The van der Waals surface area contributed by atoms with Gasteiger partial charge in [0.15, 0.2) is 5.60 Å². The van der Waals surface area contributed by atoms with Crippen LogP contribution in [-0.2, 0) is 18.9 Å². The summed E-state index contributed by atoms with van der Waals surface area (Å²) in [6, 6.07) is 0. The fourth-order valence-electron chi connectivity index (χ4n) is 2.56. The number of ether oxygens (including phenoxy) is 4. The Morgan fingerprint density at radius 2 is 1.45 bits per heavy atom. The second kappa shape index (κ2) is 7.03. The lowest BCUT2D eigenvalue weighted by Crippen LogP contribution is -2.64. The molecular weight excluding hydrogens is 256 g/mol. The Morgan fingerprint density at radius 1 is 0.950 bits per heavy atom. The Labute approximate surface area is 123 Å². The summed E-state index contributed by atoms with van der Waals surface area (Å²) >= 11 is 0. The van der Waals surface area contributed by atoms with Gasteiger partial charge >= 0.3 is 5.97 Å². The largest absolute Gasteiger partial charge is 0.360 e. The van der Waals surface area contributed by atoms with E-state index in [-0.39, 0.29) is 18.3 Å². The third-order valence-electron chi connectivity index (χ3n) is 3.06. The molecule has 1 saturated heterocycles. The zero-order valence-corrected chi connectivity index (χ0v) is 13.8. The maximum Gasteiger partial charge on any atom is 0.318 e. The molecule has 1 aliphatic heterocycles. The highest BCUT2D eigenvalue weighted by atomic mass is 16.9. The Morgan fingerprint density at radius 3 is 1.85 bits per heavy atom. The van der Waals surface area contributed by atoms with Gasteiger partial charge in [0.25, 0.3) is 0 Å². The van der Waals surface area contributed by atoms with E-state index in [0.29, 0.717) is 6.61 Å². The standard InChI is InChI=1S/C16H30O4/c1-8-15(18-12(2)3)10-9-11-17-16(15,19-13(4)5)20-14(6)7/h8,12-14H,1,9-11H2,2-7H3. The average Bonchev–Trinajstić information content (AvgIpc) is 2.30. The van der Waals surface area contributed by atoms with E-state index in [4.69, 9.17) is 18.9 Å². The van der Waals surface area contributed by atoms with Gasteiger partial charge in [0.2, 0.25) is 0 Å². The van der Waals surface area contributed by atoms with Gasteiger partial charge in [0.05, 0.1) is 24.9 Å². The highest BCUT2D eigenvalue weighted by Gasteiger charge is 2.58. The summed E-state index contributed by atoms with van der Waals surface area (Å²) in [5.41, 5.74) is -0.784. The lowest BCUT2D eigenvalue weighted by molar-refractivity contribution is -0.466. The van der Waals surface area contributed by atoms with Crippen molar-refractivity contribution in [1.29, 1.82) is 0 Å². The molecule has 4 nitrogen and oxygen atoms in total. The van der Waals surface area contributed by atoms with Crippen molar-refractivity contribution in [3.05, 3.63) is 12.7 Å². The zero-order chi connectivity index (χ0) is 15.4. The molecule has 4 heteroatoms. The fourth-order valence-corrected chi connectivity index (χ4v) is 2.56. The Bertz CT molecular complexity index is 302. The van der Waals surface area contributed by atoms with Crippen LogP contribution in [0.4, 0.5) is 0 Å². The highest BCUT2D eigenvalue weighted by molar-refractivity contribution is 5.07. The molecule has 0 N–H and O–H groups in total. The smallest absolute Gasteiger partial charge is 0.318 e. The van der Waals surface area contributed by atoms with Crippen LogP contribution in [0, 0.1) is 0 Å². The molecule has 20 heavy (non-hydrogen) atoms. The van der Waals surface area contributed by atoms with E-state index in [0.717, 1.165) is 12.8 Å². The van der Waals surface area contributed by atoms with Gasteiger partial charge in [-0.05, 0) is 54.4 Å². The lowest BCUT2D eigenvalue weighted by atomic mass is 9.91. The molecule has 0 radical (unpaired) electrons. The Kier molecular flexibility index (Phi) is 6.20. The predicted molar refractivity (Wildman–Crippen MR) is 79.5 cm³/mol. The van der Waals surface area contributed by atoms with Gasteiger partial charge in [-0.25, -0.2) is 0 Å². The van der Waals surface area contributed by atoms with Crippen LogP contribution < -0.4 is 0 Å². The summed E-state index contributed by atoms with van der Waals surface area (Å²) in [5.74, 6) is -1.22. The second-order valence-electron chi connectivity index (χ2n) is 6.10. The van der Waals surface area contributed by atoms with Gasteiger partial charge in [0, 0.05) is 0 Å². The maximum atomic E-state index is 6.15. The van der Waals surface area contributed by atoms with Crippen molar-refractivity contribution >= 4 is 0 Å². The third-order valence-corrected chi connectivity index (χ3v) is 3.06. The van der Waals surface area contributed by atoms with E-state index in [9.17, 15) is 0 Å². The van der Waals surface area contributed by atoms with Crippen molar-refractivity contribution in [2.45, 2.75) is 84.3 Å². The lowest BCUT2D eigenvalue weighted by Gasteiger charge is -2.51. The molecule has 0 aliphatic carbocycles. The molecule has 0 amide bonds. The van der Waals surface area contributed by atoms with Crippen molar-refractivity contribution in [2.24, 2.45) is 0 Å². The summed E-state index contributed by atoms with van der Waals surface area (Å²) in [4.78, 5) is 0.